The van der Waals surface area contributed by atoms with Crippen molar-refractivity contribution in [1.82, 2.24) is 10.7 Å². The molecule has 0 saturated heterocycles. The predicted octanol–water partition coefficient (Wildman–Crippen LogP) is 3.36. The summed E-state index contributed by atoms with van der Waals surface area (Å²) in [6.45, 7) is 3.19. The minimum Gasteiger partial charge on any atom is -0.494 e. The van der Waals surface area contributed by atoms with E-state index in [2.05, 4.69) is 28.0 Å². The molecule has 0 amide bonds. The summed E-state index contributed by atoms with van der Waals surface area (Å²) in [4.78, 5) is 11.0. The van der Waals surface area contributed by atoms with Crippen LogP contribution in [0, 0.1) is 0 Å². The summed E-state index contributed by atoms with van der Waals surface area (Å²) < 4.78 is 5.44. The van der Waals surface area contributed by atoms with Crippen LogP contribution in [-0.4, -0.2) is 35.1 Å². The molecule has 2 aromatic rings. The smallest absolute Gasteiger partial charge is 0.303 e. The highest BCUT2D eigenvalue weighted by Crippen LogP contribution is 2.14. The van der Waals surface area contributed by atoms with Gasteiger partial charge >= 0.3 is 5.97 Å². The predicted molar refractivity (Wildman–Crippen MR) is 115 cm³/mol. The Hall–Kier alpha value is -2.93. The third-order valence-corrected chi connectivity index (χ3v) is 4.14. The monoisotopic (exact) mass is 399 g/mol. The Balaban J connectivity index is 1.94. The number of nitrogens with one attached hydrogen (secondary N) is 2. The van der Waals surface area contributed by atoms with E-state index in [1.807, 2.05) is 49.4 Å². The van der Waals surface area contributed by atoms with Crippen LogP contribution in [0.4, 0.5) is 0 Å². The highest BCUT2D eigenvalue weighted by atomic mass is 32.1. The average molecular weight is 400 g/mol. The fraction of sp³-hybridized carbons (Fsp3) is 0.286. The topological polar surface area (TPSA) is 83.0 Å². The molecule has 2 rings (SSSR count). The summed E-state index contributed by atoms with van der Waals surface area (Å²) in [7, 11) is 0. The zero-order chi connectivity index (χ0) is 20.2. The normalized spacial score (nSPS) is 11.0. The molecule has 0 atom stereocenters. The second-order valence-corrected chi connectivity index (χ2v) is 6.42. The quantitative estimate of drug-likeness (QED) is 0.323. The zero-order valence-corrected chi connectivity index (χ0v) is 16.7. The Morgan fingerprint density at radius 1 is 1.11 bits per heavy atom. The first-order valence-electron chi connectivity index (χ1n) is 9.18. The lowest BCUT2D eigenvalue weighted by Gasteiger charge is -2.10. The Morgan fingerprint density at radius 2 is 1.82 bits per heavy atom. The van der Waals surface area contributed by atoms with Crippen molar-refractivity contribution in [3.8, 4) is 5.75 Å². The fourth-order valence-corrected chi connectivity index (χ4v) is 2.67. The van der Waals surface area contributed by atoms with Gasteiger partial charge in [0.25, 0.3) is 0 Å². The van der Waals surface area contributed by atoms with Crippen molar-refractivity contribution in [1.29, 1.82) is 0 Å². The van der Waals surface area contributed by atoms with E-state index in [0.717, 1.165) is 17.7 Å². The van der Waals surface area contributed by atoms with Gasteiger partial charge in [-0.2, -0.15) is 5.10 Å². The lowest BCUT2D eigenvalue weighted by atomic mass is 10.1. The maximum absolute atomic E-state index is 11.0. The summed E-state index contributed by atoms with van der Waals surface area (Å²) in [6.07, 6.45) is 1.13. The van der Waals surface area contributed by atoms with E-state index in [-0.39, 0.29) is 6.42 Å². The zero-order valence-electron chi connectivity index (χ0n) is 15.9. The molecule has 2 aromatic carbocycles. The molecule has 0 fully saturated rings. The van der Waals surface area contributed by atoms with Crippen molar-refractivity contribution in [2.45, 2.75) is 26.2 Å². The number of nitrogens with zero attached hydrogens (tertiary/aromatic N) is 1. The Kier molecular flexibility index (Phi) is 8.94. The Morgan fingerprint density at radius 3 is 2.46 bits per heavy atom. The number of hydrogen-bond donors (Lipinski definition) is 3. The van der Waals surface area contributed by atoms with Crippen molar-refractivity contribution in [3.63, 3.8) is 0 Å². The van der Waals surface area contributed by atoms with Crippen LogP contribution in [0.3, 0.4) is 0 Å². The maximum atomic E-state index is 11.0. The lowest BCUT2D eigenvalue weighted by molar-refractivity contribution is -0.136. The van der Waals surface area contributed by atoms with Crippen molar-refractivity contribution in [2.24, 2.45) is 5.10 Å². The van der Waals surface area contributed by atoms with Crippen LogP contribution >= 0.6 is 12.2 Å². The minimum atomic E-state index is -0.873. The molecule has 0 aliphatic rings. The molecule has 0 saturated carbocycles. The van der Waals surface area contributed by atoms with Gasteiger partial charge in [-0.3, -0.25) is 10.2 Å². The fourth-order valence-electron chi connectivity index (χ4n) is 2.52. The molecule has 0 heterocycles. The van der Waals surface area contributed by atoms with Crippen molar-refractivity contribution < 1.29 is 14.6 Å². The lowest BCUT2D eigenvalue weighted by Crippen LogP contribution is -2.34. The molecule has 7 heteroatoms. The molecule has 0 spiro atoms. The molecular formula is C21H25N3O3S. The SMILES string of the molecule is CCOc1ccc(C(CCC(=O)O)=NNC(=S)NCCc2ccccc2)cc1. The van der Waals surface area contributed by atoms with Gasteiger partial charge in [-0.15, -0.1) is 0 Å². The van der Waals surface area contributed by atoms with Crippen LogP contribution in [0.5, 0.6) is 5.75 Å². The van der Waals surface area contributed by atoms with Crippen LogP contribution in [0.15, 0.2) is 59.7 Å². The number of hydrogen-bond acceptors (Lipinski definition) is 4. The highest BCUT2D eigenvalue weighted by molar-refractivity contribution is 7.80. The molecule has 0 aliphatic heterocycles. The van der Waals surface area contributed by atoms with Gasteiger partial charge in [0.05, 0.1) is 18.7 Å². The second-order valence-electron chi connectivity index (χ2n) is 6.01. The van der Waals surface area contributed by atoms with Crippen LogP contribution in [-0.2, 0) is 11.2 Å². The third-order valence-electron chi connectivity index (χ3n) is 3.91. The Labute approximate surface area is 170 Å². The number of carbonyl (C=O) groups is 1. The van der Waals surface area contributed by atoms with E-state index in [1.54, 1.807) is 0 Å². The molecule has 0 aliphatic carbocycles. The summed E-state index contributed by atoms with van der Waals surface area (Å²) in [6, 6.07) is 17.5. The molecule has 0 radical (unpaired) electrons. The van der Waals surface area contributed by atoms with E-state index in [4.69, 9.17) is 22.1 Å². The summed E-state index contributed by atoms with van der Waals surface area (Å²) in [5.41, 5.74) is 5.48. The first-order chi connectivity index (χ1) is 13.6. The Bertz CT molecular complexity index is 792. The average Bonchev–Trinajstić information content (AvgIpc) is 2.70. The van der Waals surface area contributed by atoms with E-state index in [0.29, 0.717) is 30.4 Å². The largest absolute Gasteiger partial charge is 0.494 e. The number of carboxylic acid groups (broad SMARTS) is 1. The van der Waals surface area contributed by atoms with E-state index < -0.39 is 5.97 Å². The maximum Gasteiger partial charge on any atom is 0.303 e. The molecule has 3 N–H and O–H groups in total. The molecule has 148 valence electrons. The minimum absolute atomic E-state index is 0.0120. The number of carboxylic acids is 1. The second kappa shape index (κ2) is 11.7. The van der Waals surface area contributed by atoms with E-state index >= 15 is 0 Å². The number of hydrazone groups is 1. The molecule has 0 unspecified atom stereocenters. The van der Waals surface area contributed by atoms with Gasteiger partial charge in [0, 0.05) is 13.0 Å². The third kappa shape index (κ3) is 7.75. The van der Waals surface area contributed by atoms with Gasteiger partial charge in [0.2, 0.25) is 0 Å². The van der Waals surface area contributed by atoms with Gasteiger partial charge in [-0.05, 0) is 61.0 Å². The summed E-state index contributed by atoms with van der Waals surface area (Å²) >= 11 is 5.26. The summed E-state index contributed by atoms with van der Waals surface area (Å²) in [5, 5.41) is 16.8. The molecule has 6 nitrogen and oxygen atoms in total. The van der Waals surface area contributed by atoms with Gasteiger partial charge < -0.3 is 15.2 Å². The van der Waals surface area contributed by atoms with Crippen LogP contribution in [0.1, 0.15) is 30.9 Å². The molecule has 28 heavy (non-hydrogen) atoms. The highest BCUT2D eigenvalue weighted by Gasteiger charge is 2.08. The van der Waals surface area contributed by atoms with E-state index in [9.17, 15) is 4.79 Å². The van der Waals surface area contributed by atoms with Gasteiger partial charge in [-0.25, -0.2) is 0 Å². The number of rotatable bonds is 10. The van der Waals surface area contributed by atoms with Crippen LogP contribution in [0.2, 0.25) is 0 Å². The first-order valence-corrected chi connectivity index (χ1v) is 9.58. The van der Waals surface area contributed by atoms with Gasteiger partial charge in [-0.1, -0.05) is 30.3 Å². The number of thiocarbonyl (C=S) groups is 1. The van der Waals surface area contributed by atoms with Crippen LogP contribution in [0.25, 0.3) is 0 Å². The molecular weight excluding hydrogens is 374 g/mol. The number of benzene rings is 2. The van der Waals surface area contributed by atoms with Gasteiger partial charge in [0.15, 0.2) is 5.11 Å². The van der Waals surface area contributed by atoms with E-state index in [1.165, 1.54) is 5.56 Å². The first kappa shape index (κ1) is 21.4. The standard InChI is InChI=1S/C21H25N3O3S/c1-2-27-18-10-8-17(9-11-18)19(12-13-20(25)26)23-24-21(28)22-15-14-16-6-4-3-5-7-16/h3-11H,2,12-15H2,1H3,(H,25,26)(H2,22,24,28). The van der Waals surface area contributed by atoms with Gasteiger partial charge in [0.1, 0.15) is 5.75 Å². The molecule has 0 bridgehead atoms. The van der Waals surface area contributed by atoms with Crippen molar-refractivity contribution >= 4 is 29.0 Å². The van der Waals surface area contributed by atoms with Crippen molar-refractivity contribution in [2.75, 3.05) is 13.2 Å². The van der Waals surface area contributed by atoms with Crippen LogP contribution < -0.4 is 15.5 Å². The number of ether oxygens (including phenoxy) is 1. The summed E-state index contributed by atoms with van der Waals surface area (Å²) in [5.74, 6) is -0.114. The van der Waals surface area contributed by atoms with Crippen molar-refractivity contribution in [3.05, 3.63) is 65.7 Å². The number of aliphatic carboxylic acids is 1. The molecule has 0 aromatic heterocycles.